The van der Waals surface area contributed by atoms with E-state index < -0.39 is 0 Å². The molecule has 0 unspecified atom stereocenters. The molecule has 0 spiro atoms. The minimum Gasteiger partial charge on any atom is -0.497 e. The number of nitrogens with zero attached hydrogens (tertiary/aromatic N) is 1. The number of ether oxygens (including phenoxy) is 1. The van der Waals surface area contributed by atoms with Crippen LogP contribution in [-0.4, -0.2) is 12.1 Å². The molecule has 0 N–H and O–H groups in total. The Kier molecular flexibility index (Phi) is 3.00. The van der Waals surface area contributed by atoms with Gasteiger partial charge >= 0.3 is 0 Å². The first-order valence-corrected chi connectivity index (χ1v) is 7.85. The van der Waals surface area contributed by atoms with Gasteiger partial charge in [-0.1, -0.05) is 36.4 Å². The minimum atomic E-state index is 0.872. The molecule has 0 fully saturated rings. The van der Waals surface area contributed by atoms with Crippen LogP contribution in [-0.2, 0) is 12.8 Å². The van der Waals surface area contributed by atoms with E-state index in [9.17, 15) is 0 Å². The maximum absolute atomic E-state index is 5.28. The molecule has 4 rings (SSSR count). The fourth-order valence-corrected chi connectivity index (χ4v) is 3.98. The Balaban J connectivity index is 1.65. The van der Waals surface area contributed by atoms with Crippen LogP contribution in [0.2, 0.25) is 0 Å². The molecule has 1 aliphatic rings. The molecule has 104 valence electrons. The number of aromatic nitrogens is 1. The third-order valence-corrected chi connectivity index (χ3v) is 4.91. The van der Waals surface area contributed by atoms with Gasteiger partial charge < -0.3 is 4.74 Å². The summed E-state index contributed by atoms with van der Waals surface area (Å²) in [5.74, 6) is 0.905. The smallest absolute Gasteiger partial charge is 0.119 e. The van der Waals surface area contributed by atoms with Crippen molar-refractivity contribution in [2.45, 2.75) is 12.8 Å². The molecule has 3 heteroatoms. The summed E-state index contributed by atoms with van der Waals surface area (Å²) >= 11 is 1.83. The van der Waals surface area contributed by atoms with Crippen LogP contribution in [0, 0.1) is 0 Å². The third-order valence-electron chi connectivity index (χ3n) is 3.85. The number of fused-ring (bicyclic) bond motifs is 3. The van der Waals surface area contributed by atoms with E-state index in [-0.39, 0.29) is 0 Å². The quantitative estimate of drug-likeness (QED) is 0.561. The van der Waals surface area contributed by atoms with E-state index in [0.717, 1.165) is 18.6 Å². The first kappa shape index (κ1) is 12.6. The molecule has 3 aromatic rings. The predicted octanol–water partition coefficient (Wildman–Crippen LogP) is 4.31. The van der Waals surface area contributed by atoms with Gasteiger partial charge in [0, 0.05) is 23.3 Å². The molecule has 1 heterocycles. The normalized spacial score (nSPS) is 12.0. The Morgan fingerprint density at radius 1 is 1.14 bits per heavy atom. The Labute approximate surface area is 128 Å². The number of methoxy groups -OCH3 is 1. The van der Waals surface area contributed by atoms with Gasteiger partial charge in [-0.15, -0.1) is 11.3 Å². The van der Waals surface area contributed by atoms with Crippen molar-refractivity contribution in [2.75, 3.05) is 7.11 Å². The van der Waals surface area contributed by atoms with Crippen LogP contribution in [0.25, 0.3) is 11.3 Å². The van der Waals surface area contributed by atoms with Crippen LogP contribution in [0.5, 0.6) is 5.75 Å². The summed E-state index contributed by atoms with van der Waals surface area (Å²) in [6, 6.07) is 16.8. The van der Waals surface area contributed by atoms with Gasteiger partial charge in [0.2, 0.25) is 0 Å². The SMILES string of the molecule is COc1cccc(Cc2nc3c(s2)Cc2ccccc2-3)c1. The lowest BCUT2D eigenvalue weighted by molar-refractivity contribution is 0.414. The maximum Gasteiger partial charge on any atom is 0.119 e. The number of hydrogen-bond acceptors (Lipinski definition) is 3. The highest BCUT2D eigenvalue weighted by Gasteiger charge is 2.22. The van der Waals surface area contributed by atoms with E-state index in [1.165, 1.54) is 32.3 Å². The highest BCUT2D eigenvalue weighted by Crippen LogP contribution is 2.39. The van der Waals surface area contributed by atoms with Crippen LogP contribution in [0.3, 0.4) is 0 Å². The fraction of sp³-hybridized carbons (Fsp3) is 0.167. The summed E-state index contributed by atoms with van der Waals surface area (Å²) < 4.78 is 5.28. The van der Waals surface area contributed by atoms with E-state index in [0.29, 0.717) is 0 Å². The van der Waals surface area contributed by atoms with Crippen molar-refractivity contribution in [3.05, 3.63) is 69.5 Å². The number of rotatable bonds is 3. The molecule has 0 radical (unpaired) electrons. The molecule has 0 bridgehead atoms. The van der Waals surface area contributed by atoms with Crippen LogP contribution >= 0.6 is 11.3 Å². The van der Waals surface area contributed by atoms with E-state index >= 15 is 0 Å². The summed E-state index contributed by atoms with van der Waals surface area (Å²) in [5.41, 5.74) is 5.14. The van der Waals surface area contributed by atoms with E-state index in [1.807, 2.05) is 23.5 Å². The van der Waals surface area contributed by atoms with Crippen LogP contribution in [0.15, 0.2) is 48.5 Å². The first-order valence-electron chi connectivity index (χ1n) is 7.03. The second kappa shape index (κ2) is 5.01. The van der Waals surface area contributed by atoms with Crippen molar-refractivity contribution in [1.29, 1.82) is 0 Å². The van der Waals surface area contributed by atoms with Crippen molar-refractivity contribution in [1.82, 2.24) is 4.98 Å². The molecule has 1 aromatic heterocycles. The molecule has 0 saturated heterocycles. The third kappa shape index (κ3) is 2.24. The molecule has 0 amide bonds. The molecule has 0 saturated carbocycles. The van der Waals surface area contributed by atoms with Crippen molar-refractivity contribution in [3.8, 4) is 17.0 Å². The number of thiazole rings is 1. The zero-order valence-electron chi connectivity index (χ0n) is 11.8. The Morgan fingerprint density at radius 2 is 2.05 bits per heavy atom. The highest BCUT2D eigenvalue weighted by atomic mass is 32.1. The number of hydrogen-bond donors (Lipinski definition) is 0. The zero-order chi connectivity index (χ0) is 14.2. The standard InChI is InChI=1S/C18H15NOS/c1-20-14-7-4-5-12(9-14)10-17-19-18-15-8-3-2-6-13(15)11-16(18)21-17/h2-9H,10-11H2,1H3. The molecular weight excluding hydrogens is 278 g/mol. The predicted molar refractivity (Wildman–Crippen MR) is 86.2 cm³/mol. The van der Waals surface area contributed by atoms with Gasteiger partial charge in [0.25, 0.3) is 0 Å². The van der Waals surface area contributed by atoms with Crippen molar-refractivity contribution < 1.29 is 4.74 Å². The molecule has 0 atom stereocenters. The van der Waals surface area contributed by atoms with Crippen molar-refractivity contribution >= 4 is 11.3 Å². The zero-order valence-corrected chi connectivity index (χ0v) is 12.6. The Hall–Kier alpha value is -2.13. The van der Waals surface area contributed by atoms with Gasteiger partial charge in [-0.25, -0.2) is 4.98 Å². The summed E-state index contributed by atoms with van der Waals surface area (Å²) in [6.45, 7) is 0. The Morgan fingerprint density at radius 3 is 2.95 bits per heavy atom. The van der Waals surface area contributed by atoms with Gasteiger partial charge in [-0.05, 0) is 23.3 Å². The average Bonchev–Trinajstić information content (AvgIpc) is 3.04. The van der Waals surface area contributed by atoms with Crippen LogP contribution < -0.4 is 4.74 Å². The fourth-order valence-electron chi connectivity index (χ4n) is 2.84. The monoisotopic (exact) mass is 293 g/mol. The molecule has 2 nitrogen and oxygen atoms in total. The van der Waals surface area contributed by atoms with Gasteiger partial charge in [-0.2, -0.15) is 0 Å². The molecular formula is C18H15NOS. The average molecular weight is 293 g/mol. The first-order chi connectivity index (χ1) is 10.3. The second-order valence-electron chi connectivity index (χ2n) is 5.24. The molecule has 2 aromatic carbocycles. The summed E-state index contributed by atoms with van der Waals surface area (Å²) in [6.07, 6.45) is 1.90. The summed E-state index contributed by atoms with van der Waals surface area (Å²) in [4.78, 5) is 6.26. The lowest BCUT2D eigenvalue weighted by Gasteiger charge is -2.03. The topological polar surface area (TPSA) is 22.1 Å². The highest BCUT2D eigenvalue weighted by molar-refractivity contribution is 7.12. The van der Waals surface area contributed by atoms with Gasteiger partial charge in [-0.3, -0.25) is 0 Å². The summed E-state index contributed by atoms with van der Waals surface area (Å²) in [5, 5.41) is 1.18. The van der Waals surface area contributed by atoms with E-state index in [2.05, 4.69) is 36.4 Å². The summed E-state index contributed by atoms with van der Waals surface area (Å²) in [7, 11) is 1.70. The van der Waals surface area contributed by atoms with E-state index in [1.54, 1.807) is 7.11 Å². The lowest BCUT2D eigenvalue weighted by atomic mass is 10.1. The van der Waals surface area contributed by atoms with Crippen LogP contribution in [0.1, 0.15) is 21.0 Å². The molecule has 21 heavy (non-hydrogen) atoms. The van der Waals surface area contributed by atoms with Crippen molar-refractivity contribution in [2.24, 2.45) is 0 Å². The van der Waals surface area contributed by atoms with Gasteiger partial charge in [0.1, 0.15) is 5.75 Å². The van der Waals surface area contributed by atoms with Crippen molar-refractivity contribution in [3.63, 3.8) is 0 Å². The van der Waals surface area contributed by atoms with Crippen LogP contribution in [0.4, 0.5) is 0 Å². The molecule has 1 aliphatic carbocycles. The van der Waals surface area contributed by atoms with Gasteiger partial charge in [0.15, 0.2) is 0 Å². The van der Waals surface area contributed by atoms with Gasteiger partial charge in [0.05, 0.1) is 17.8 Å². The molecule has 0 aliphatic heterocycles. The largest absolute Gasteiger partial charge is 0.497 e. The lowest BCUT2D eigenvalue weighted by Crippen LogP contribution is -1.90. The Bertz CT molecular complexity index is 806. The second-order valence-corrected chi connectivity index (χ2v) is 6.41. The van der Waals surface area contributed by atoms with E-state index in [4.69, 9.17) is 9.72 Å². The minimum absolute atomic E-state index is 0.872. The number of benzene rings is 2. The maximum atomic E-state index is 5.28.